The van der Waals surface area contributed by atoms with Crippen molar-refractivity contribution in [2.75, 3.05) is 45.8 Å². The summed E-state index contributed by atoms with van der Waals surface area (Å²) in [6.45, 7) is 9.47. The Balaban J connectivity index is 1.56. The molecular formula is C21H33N5O3. The van der Waals surface area contributed by atoms with Gasteiger partial charge in [0, 0.05) is 52.2 Å². The normalized spacial score (nSPS) is 15.1. The molecule has 1 aromatic rings. The van der Waals surface area contributed by atoms with Crippen LogP contribution in [0.25, 0.3) is 0 Å². The van der Waals surface area contributed by atoms with E-state index >= 15 is 0 Å². The first-order valence-electron chi connectivity index (χ1n) is 10.3. The first kappa shape index (κ1) is 22.8. The lowest BCUT2D eigenvalue weighted by Crippen LogP contribution is -2.50. The van der Waals surface area contributed by atoms with Gasteiger partial charge in [-0.1, -0.05) is 44.2 Å². The molecule has 29 heavy (non-hydrogen) atoms. The third-order valence-corrected chi connectivity index (χ3v) is 4.74. The molecule has 0 atom stereocenters. The Morgan fingerprint density at radius 3 is 2.24 bits per heavy atom. The summed E-state index contributed by atoms with van der Waals surface area (Å²) in [5.41, 5.74) is 0.978. The molecule has 0 radical (unpaired) electrons. The summed E-state index contributed by atoms with van der Waals surface area (Å²) in [6.07, 6.45) is 0.271. The molecule has 1 fully saturated rings. The number of urea groups is 1. The summed E-state index contributed by atoms with van der Waals surface area (Å²) >= 11 is 0. The largest absolute Gasteiger partial charge is 0.355 e. The van der Waals surface area contributed by atoms with Gasteiger partial charge in [0.25, 0.3) is 0 Å². The van der Waals surface area contributed by atoms with Gasteiger partial charge in [0.1, 0.15) is 0 Å². The lowest BCUT2D eigenvalue weighted by atomic mass is 10.2. The van der Waals surface area contributed by atoms with Crippen molar-refractivity contribution in [1.29, 1.82) is 0 Å². The van der Waals surface area contributed by atoms with Crippen molar-refractivity contribution in [2.24, 2.45) is 5.92 Å². The molecule has 0 unspecified atom stereocenters. The van der Waals surface area contributed by atoms with E-state index in [1.165, 1.54) is 0 Å². The van der Waals surface area contributed by atoms with E-state index in [4.69, 9.17) is 0 Å². The smallest absolute Gasteiger partial charge is 0.321 e. The van der Waals surface area contributed by atoms with Gasteiger partial charge in [-0.3, -0.25) is 19.8 Å². The lowest BCUT2D eigenvalue weighted by Gasteiger charge is -2.34. The molecular weight excluding hydrogens is 370 g/mol. The minimum Gasteiger partial charge on any atom is -0.355 e. The van der Waals surface area contributed by atoms with Gasteiger partial charge in [-0.05, 0) is 11.5 Å². The molecule has 0 bridgehead atoms. The molecule has 0 aliphatic carbocycles. The monoisotopic (exact) mass is 403 g/mol. The molecule has 2 rings (SSSR count). The maximum absolute atomic E-state index is 12.0. The van der Waals surface area contributed by atoms with Crippen LogP contribution < -0.4 is 16.0 Å². The zero-order valence-electron chi connectivity index (χ0n) is 17.4. The Bertz CT molecular complexity index is 658. The first-order chi connectivity index (χ1) is 13.9. The van der Waals surface area contributed by atoms with Crippen LogP contribution >= 0.6 is 0 Å². The van der Waals surface area contributed by atoms with Crippen LogP contribution in [0.3, 0.4) is 0 Å². The third-order valence-electron chi connectivity index (χ3n) is 4.74. The first-order valence-corrected chi connectivity index (χ1v) is 10.3. The number of amides is 4. The molecule has 0 spiro atoms. The number of hydrogen-bond acceptors (Lipinski definition) is 5. The number of carbonyl (C=O) groups is 3. The van der Waals surface area contributed by atoms with Crippen LogP contribution in [0.15, 0.2) is 30.3 Å². The van der Waals surface area contributed by atoms with Crippen molar-refractivity contribution >= 4 is 17.8 Å². The van der Waals surface area contributed by atoms with Gasteiger partial charge in [-0.25, -0.2) is 4.79 Å². The molecule has 1 heterocycles. The Morgan fingerprint density at radius 1 is 0.931 bits per heavy atom. The molecule has 4 amide bonds. The molecule has 160 valence electrons. The topological polar surface area (TPSA) is 93.8 Å². The second kappa shape index (κ2) is 12.2. The summed E-state index contributed by atoms with van der Waals surface area (Å²) < 4.78 is 0. The van der Waals surface area contributed by atoms with Crippen LogP contribution in [0.2, 0.25) is 0 Å². The molecule has 1 saturated heterocycles. The SMILES string of the molecule is CC(C)CNC(=O)CN1CCN(CCC(=O)NC(=O)NCc2ccccc2)CC1. The van der Waals surface area contributed by atoms with E-state index in [-0.39, 0.29) is 18.2 Å². The molecule has 1 aromatic carbocycles. The number of benzene rings is 1. The maximum atomic E-state index is 12.0. The van der Waals surface area contributed by atoms with Gasteiger partial charge < -0.3 is 15.5 Å². The quantitative estimate of drug-likeness (QED) is 0.567. The van der Waals surface area contributed by atoms with Crippen LogP contribution in [-0.4, -0.2) is 73.5 Å². The van der Waals surface area contributed by atoms with E-state index in [0.29, 0.717) is 32.1 Å². The van der Waals surface area contributed by atoms with Crippen LogP contribution in [0.1, 0.15) is 25.8 Å². The minimum atomic E-state index is -0.476. The average Bonchev–Trinajstić information content (AvgIpc) is 2.71. The van der Waals surface area contributed by atoms with Gasteiger partial charge in [0.2, 0.25) is 11.8 Å². The molecule has 0 aromatic heterocycles. The van der Waals surface area contributed by atoms with Gasteiger partial charge in [-0.2, -0.15) is 0 Å². The number of nitrogens with one attached hydrogen (secondary N) is 3. The number of imide groups is 1. The molecule has 0 saturated carbocycles. The van der Waals surface area contributed by atoms with Crippen molar-refractivity contribution in [1.82, 2.24) is 25.8 Å². The number of piperazine rings is 1. The Labute approximate surface area is 173 Å². The number of hydrogen-bond donors (Lipinski definition) is 3. The summed E-state index contributed by atoms with van der Waals surface area (Å²) in [5, 5.41) is 7.98. The van der Waals surface area contributed by atoms with Gasteiger partial charge in [0.05, 0.1) is 6.54 Å². The van der Waals surface area contributed by atoms with Crippen molar-refractivity contribution in [3.63, 3.8) is 0 Å². The standard InChI is InChI=1S/C21H33N5O3/c1-17(2)14-22-20(28)16-26-12-10-25(11-13-26)9-8-19(27)24-21(29)23-15-18-6-4-3-5-7-18/h3-7,17H,8-16H2,1-2H3,(H,22,28)(H2,23,24,27,29). The number of nitrogens with zero attached hydrogens (tertiary/aromatic N) is 2. The predicted molar refractivity (Wildman–Crippen MR) is 112 cm³/mol. The highest BCUT2D eigenvalue weighted by atomic mass is 16.2. The summed E-state index contributed by atoms with van der Waals surface area (Å²) in [5.74, 6) is 0.224. The van der Waals surface area contributed by atoms with Gasteiger partial charge in [0.15, 0.2) is 0 Å². The fourth-order valence-electron chi connectivity index (χ4n) is 3.02. The van der Waals surface area contributed by atoms with Crippen LogP contribution in [0.4, 0.5) is 4.79 Å². The Hall–Kier alpha value is -2.45. The van der Waals surface area contributed by atoms with Crippen molar-refractivity contribution < 1.29 is 14.4 Å². The predicted octanol–water partition coefficient (Wildman–Crippen LogP) is 0.792. The van der Waals surface area contributed by atoms with Crippen molar-refractivity contribution in [3.8, 4) is 0 Å². The van der Waals surface area contributed by atoms with Crippen molar-refractivity contribution in [2.45, 2.75) is 26.8 Å². The van der Waals surface area contributed by atoms with Gasteiger partial charge in [-0.15, -0.1) is 0 Å². The third kappa shape index (κ3) is 9.54. The van der Waals surface area contributed by atoms with Crippen LogP contribution in [-0.2, 0) is 16.1 Å². The van der Waals surface area contributed by atoms with E-state index in [0.717, 1.165) is 31.7 Å². The zero-order chi connectivity index (χ0) is 21.1. The summed E-state index contributed by atoms with van der Waals surface area (Å²) in [6, 6.07) is 9.06. The highest BCUT2D eigenvalue weighted by molar-refractivity contribution is 5.94. The lowest BCUT2D eigenvalue weighted by molar-refractivity contribution is -0.122. The average molecular weight is 404 g/mol. The molecule has 8 nitrogen and oxygen atoms in total. The molecule has 3 N–H and O–H groups in total. The molecule has 8 heteroatoms. The summed E-state index contributed by atoms with van der Waals surface area (Å²) in [4.78, 5) is 40.0. The Morgan fingerprint density at radius 2 is 1.59 bits per heavy atom. The van der Waals surface area contributed by atoms with E-state index in [1.807, 2.05) is 30.3 Å². The second-order valence-corrected chi connectivity index (χ2v) is 7.78. The van der Waals surface area contributed by atoms with Crippen molar-refractivity contribution in [3.05, 3.63) is 35.9 Å². The highest BCUT2D eigenvalue weighted by Crippen LogP contribution is 2.03. The fraction of sp³-hybridized carbons (Fsp3) is 0.571. The molecule has 1 aliphatic rings. The van der Waals surface area contributed by atoms with E-state index in [9.17, 15) is 14.4 Å². The number of carbonyl (C=O) groups excluding carboxylic acids is 3. The van der Waals surface area contributed by atoms with Gasteiger partial charge >= 0.3 is 6.03 Å². The zero-order valence-corrected chi connectivity index (χ0v) is 17.4. The second-order valence-electron chi connectivity index (χ2n) is 7.78. The maximum Gasteiger partial charge on any atom is 0.321 e. The highest BCUT2D eigenvalue weighted by Gasteiger charge is 2.19. The number of rotatable bonds is 9. The minimum absolute atomic E-state index is 0.0630. The Kier molecular flexibility index (Phi) is 9.59. The fourth-order valence-corrected chi connectivity index (χ4v) is 3.02. The molecule has 1 aliphatic heterocycles. The van der Waals surface area contributed by atoms with E-state index < -0.39 is 6.03 Å². The van der Waals surface area contributed by atoms with Crippen LogP contribution in [0.5, 0.6) is 0 Å². The van der Waals surface area contributed by atoms with E-state index in [2.05, 4.69) is 39.6 Å². The van der Waals surface area contributed by atoms with Crippen LogP contribution in [0, 0.1) is 5.92 Å². The summed E-state index contributed by atoms with van der Waals surface area (Å²) in [7, 11) is 0. The van der Waals surface area contributed by atoms with E-state index in [1.54, 1.807) is 0 Å².